The molecule has 0 fully saturated rings. The molecule has 0 aliphatic heterocycles. The van der Waals surface area contributed by atoms with E-state index in [1.54, 1.807) is 30.6 Å². The first-order valence-corrected chi connectivity index (χ1v) is 10.2. The number of amides is 1. The quantitative estimate of drug-likeness (QED) is 0.392. The number of rotatable bonds is 13. The molecule has 0 bridgehead atoms. The Morgan fingerprint density at radius 3 is 2.52 bits per heavy atom. The largest absolute Gasteiger partial charge is 0.382 e. The van der Waals surface area contributed by atoms with Crippen molar-refractivity contribution in [1.82, 2.24) is 19.7 Å². The van der Waals surface area contributed by atoms with Crippen molar-refractivity contribution in [2.75, 3.05) is 40.1 Å². The maximum atomic E-state index is 12.9. The Morgan fingerprint density at radius 2 is 1.74 bits per heavy atom. The average Bonchev–Trinajstić information content (AvgIpc) is 3.27. The fraction of sp³-hybridized carbons (Fsp3) is 0.348. The molecule has 0 aliphatic rings. The molecule has 3 aromatic rings. The van der Waals surface area contributed by atoms with E-state index in [1.807, 2.05) is 53.2 Å². The smallest absolute Gasteiger partial charge is 0.249 e. The van der Waals surface area contributed by atoms with Gasteiger partial charge in [-0.1, -0.05) is 24.3 Å². The summed E-state index contributed by atoms with van der Waals surface area (Å²) in [5.41, 5.74) is 2.80. The predicted molar refractivity (Wildman–Crippen MR) is 116 cm³/mol. The van der Waals surface area contributed by atoms with Crippen molar-refractivity contribution < 1.29 is 19.0 Å². The molecule has 164 valence electrons. The predicted octanol–water partition coefficient (Wildman–Crippen LogP) is 2.48. The summed E-state index contributed by atoms with van der Waals surface area (Å²) in [4.78, 5) is 18.9. The van der Waals surface area contributed by atoms with E-state index in [9.17, 15) is 4.79 Å². The fourth-order valence-electron chi connectivity index (χ4n) is 3.00. The molecule has 0 radical (unpaired) electrons. The van der Waals surface area contributed by atoms with Crippen LogP contribution >= 0.6 is 0 Å². The number of pyridine rings is 1. The number of aromatic nitrogens is 3. The number of methoxy groups -OCH3 is 1. The molecule has 0 aliphatic carbocycles. The molecule has 8 heteroatoms. The van der Waals surface area contributed by atoms with Crippen molar-refractivity contribution in [3.8, 4) is 5.69 Å². The summed E-state index contributed by atoms with van der Waals surface area (Å²) in [6.45, 7) is 2.61. The molecule has 2 heterocycles. The molecular weight excluding hydrogens is 396 g/mol. The minimum Gasteiger partial charge on any atom is -0.382 e. The van der Waals surface area contributed by atoms with Gasteiger partial charge in [-0.15, -0.1) is 0 Å². The van der Waals surface area contributed by atoms with Crippen molar-refractivity contribution in [2.24, 2.45) is 0 Å². The average molecular weight is 425 g/mol. The van der Waals surface area contributed by atoms with E-state index < -0.39 is 0 Å². The van der Waals surface area contributed by atoms with Crippen LogP contribution in [0.2, 0.25) is 0 Å². The lowest BCUT2D eigenvalue weighted by Gasteiger charge is -2.23. The van der Waals surface area contributed by atoms with E-state index in [2.05, 4.69) is 10.1 Å². The number of ether oxygens (including phenoxy) is 3. The zero-order valence-electron chi connectivity index (χ0n) is 17.7. The Balaban J connectivity index is 1.63. The monoisotopic (exact) mass is 424 g/mol. The van der Waals surface area contributed by atoms with Crippen LogP contribution in [0.1, 0.15) is 11.3 Å². The van der Waals surface area contributed by atoms with Crippen LogP contribution in [0.4, 0.5) is 0 Å². The lowest BCUT2D eigenvalue weighted by atomic mass is 10.2. The molecule has 31 heavy (non-hydrogen) atoms. The lowest BCUT2D eigenvalue weighted by molar-refractivity contribution is -0.138. The molecule has 1 aromatic carbocycles. The van der Waals surface area contributed by atoms with E-state index in [1.165, 1.54) is 0 Å². The molecule has 8 nitrogen and oxygen atoms in total. The Hall–Kier alpha value is -3.07. The van der Waals surface area contributed by atoms with Crippen LogP contribution in [0.5, 0.6) is 0 Å². The van der Waals surface area contributed by atoms with Crippen LogP contribution in [0.15, 0.2) is 67.1 Å². The van der Waals surface area contributed by atoms with Crippen molar-refractivity contribution in [1.29, 1.82) is 0 Å². The summed E-state index contributed by atoms with van der Waals surface area (Å²) in [6, 6.07) is 15.6. The van der Waals surface area contributed by atoms with E-state index in [4.69, 9.17) is 14.2 Å². The molecule has 0 saturated heterocycles. The topological polar surface area (TPSA) is 78.7 Å². The Morgan fingerprint density at radius 1 is 0.935 bits per heavy atom. The van der Waals surface area contributed by atoms with E-state index in [0.717, 1.165) is 16.9 Å². The second kappa shape index (κ2) is 12.6. The minimum absolute atomic E-state index is 0.0205. The van der Waals surface area contributed by atoms with Gasteiger partial charge in [0.2, 0.25) is 5.91 Å². The van der Waals surface area contributed by atoms with Gasteiger partial charge < -0.3 is 19.1 Å². The summed E-state index contributed by atoms with van der Waals surface area (Å²) in [7, 11) is 1.62. The van der Waals surface area contributed by atoms with Gasteiger partial charge >= 0.3 is 0 Å². The van der Waals surface area contributed by atoms with Crippen molar-refractivity contribution in [3.63, 3.8) is 0 Å². The summed E-state index contributed by atoms with van der Waals surface area (Å²) in [5, 5.41) is 4.43. The third-order valence-corrected chi connectivity index (χ3v) is 4.55. The van der Waals surface area contributed by atoms with Crippen LogP contribution in [-0.2, 0) is 32.1 Å². The van der Waals surface area contributed by atoms with Gasteiger partial charge in [0.05, 0.1) is 44.4 Å². The fourth-order valence-corrected chi connectivity index (χ4v) is 3.00. The SMILES string of the molecule is COCCOCCOCC(=O)N(Cc1cccnc1)Cc1ccnn1-c1ccccc1. The number of carbonyl (C=O) groups excluding carboxylic acids is 1. The first-order chi connectivity index (χ1) is 15.3. The standard InChI is InChI=1S/C23H28N4O4/c1-29-12-13-30-14-15-31-19-23(28)26(17-20-6-5-10-24-16-20)18-22-9-11-25-27(22)21-7-3-2-4-8-21/h2-11,16H,12-15,17-19H2,1H3. The van der Waals surface area contributed by atoms with E-state index >= 15 is 0 Å². The minimum atomic E-state index is -0.110. The van der Waals surface area contributed by atoms with Gasteiger partial charge in [0.25, 0.3) is 0 Å². The highest BCUT2D eigenvalue weighted by Gasteiger charge is 2.17. The molecule has 0 N–H and O–H groups in total. The Kier molecular flexibility index (Phi) is 9.18. The van der Waals surface area contributed by atoms with Crippen molar-refractivity contribution >= 4 is 5.91 Å². The van der Waals surface area contributed by atoms with Crippen LogP contribution in [-0.4, -0.2) is 65.7 Å². The molecule has 0 unspecified atom stereocenters. The molecule has 2 aromatic heterocycles. The highest BCUT2D eigenvalue weighted by atomic mass is 16.5. The van der Waals surface area contributed by atoms with Gasteiger partial charge in [0.1, 0.15) is 6.61 Å². The summed E-state index contributed by atoms with van der Waals surface area (Å²) in [6.07, 6.45) is 5.22. The number of benzene rings is 1. The summed E-state index contributed by atoms with van der Waals surface area (Å²) < 4.78 is 17.7. The second-order valence-electron chi connectivity index (χ2n) is 6.84. The van der Waals surface area contributed by atoms with Gasteiger partial charge in [-0.3, -0.25) is 9.78 Å². The molecule has 3 rings (SSSR count). The summed E-state index contributed by atoms with van der Waals surface area (Å²) in [5.74, 6) is -0.110. The van der Waals surface area contributed by atoms with Crippen molar-refractivity contribution in [2.45, 2.75) is 13.1 Å². The zero-order valence-corrected chi connectivity index (χ0v) is 17.7. The Bertz CT molecular complexity index is 902. The van der Waals surface area contributed by atoms with Crippen LogP contribution < -0.4 is 0 Å². The molecule has 0 spiro atoms. The van der Waals surface area contributed by atoms with Crippen molar-refractivity contribution in [3.05, 3.63) is 78.4 Å². The first-order valence-electron chi connectivity index (χ1n) is 10.2. The number of nitrogens with zero attached hydrogens (tertiary/aromatic N) is 4. The highest BCUT2D eigenvalue weighted by Crippen LogP contribution is 2.14. The van der Waals surface area contributed by atoms with Gasteiger partial charge in [-0.25, -0.2) is 4.68 Å². The number of carbonyl (C=O) groups is 1. The van der Waals surface area contributed by atoms with Gasteiger partial charge in [0, 0.05) is 32.2 Å². The third kappa shape index (κ3) is 7.29. The van der Waals surface area contributed by atoms with Crippen LogP contribution in [0, 0.1) is 0 Å². The van der Waals surface area contributed by atoms with Crippen LogP contribution in [0.3, 0.4) is 0 Å². The normalized spacial score (nSPS) is 10.9. The Labute approximate surface area is 182 Å². The van der Waals surface area contributed by atoms with E-state index in [0.29, 0.717) is 39.5 Å². The highest BCUT2D eigenvalue weighted by molar-refractivity contribution is 5.77. The van der Waals surface area contributed by atoms with Gasteiger partial charge in [-0.2, -0.15) is 5.10 Å². The third-order valence-electron chi connectivity index (χ3n) is 4.55. The second-order valence-corrected chi connectivity index (χ2v) is 6.84. The van der Waals surface area contributed by atoms with Gasteiger partial charge in [-0.05, 0) is 29.8 Å². The molecule has 0 atom stereocenters. The molecular formula is C23H28N4O4. The zero-order chi connectivity index (χ0) is 21.7. The molecule has 0 saturated carbocycles. The maximum Gasteiger partial charge on any atom is 0.249 e. The number of hydrogen-bond acceptors (Lipinski definition) is 6. The molecule has 1 amide bonds. The summed E-state index contributed by atoms with van der Waals surface area (Å²) >= 11 is 0. The number of hydrogen-bond donors (Lipinski definition) is 0. The maximum absolute atomic E-state index is 12.9. The lowest BCUT2D eigenvalue weighted by Crippen LogP contribution is -2.34. The number of para-hydroxylation sites is 1. The first kappa shape index (κ1) is 22.6. The van der Waals surface area contributed by atoms with Crippen LogP contribution in [0.25, 0.3) is 5.69 Å². The van der Waals surface area contributed by atoms with Gasteiger partial charge in [0.15, 0.2) is 0 Å². The van der Waals surface area contributed by atoms with E-state index in [-0.39, 0.29) is 12.5 Å².